The highest BCUT2D eigenvalue weighted by Gasteiger charge is 2.18. The summed E-state index contributed by atoms with van der Waals surface area (Å²) in [6.45, 7) is 8.17. The zero-order chi connectivity index (χ0) is 27.7. The topological polar surface area (TPSA) is 94.1 Å². The highest BCUT2D eigenvalue weighted by atomic mass is 32.2. The Morgan fingerprint density at radius 1 is 1.13 bits per heavy atom. The Morgan fingerprint density at radius 2 is 1.84 bits per heavy atom. The summed E-state index contributed by atoms with van der Waals surface area (Å²) in [4.78, 5) is 22.2. The molecule has 1 aliphatic heterocycles. The highest BCUT2D eigenvalue weighted by molar-refractivity contribution is 7.97. The average Bonchev–Trinajstić information content (AvgIpc) is 3.36. The Bertz CT molecular complexity index is 1240. The fourth-order valence-corrected chi connectivity index (χ4v) is 4.22. The van der Waals surface area contributed by atoms with Gasteiger partial charge in [0.25, 0.3) is 0 Å². The van der Waals surface area contributed by atoms with Crippen molar-refractivity contribution in [2.45, 2.75) is 56.9 Å². The Labute approximate surface area is 229 Å². The molecule has 1 amide bonds. The van der Waals surface area contributed by atoms with E-state index in [1.54, 1.807) is 18.2 Å². The lowest BCUT2D eigenvalue weighted by Gasteiger charge is -2.19. The molecular weight excluding hydrogens is 501 g/mol. The van der Waals surface area contributed by atoms with Crippen LogP contribution < -0.4 is 18.9 Å². The number of carbonyl (C=O) groups is 2. The number of carbonyl (C=O) groups excluding carboxylic acids is 1. The number of aryl methyl sites for hydroxylation is 1. The molecule has 2 radical (unpaired) electrons. The van der Waals surface area contributed by atoms with E-state index in [0.717, 1.165) is 45.9 Å². The first-order chi connectivity index (χ1) is 18.1. The van der Waals surface area contributed by atoms with Crippen LogP contribution in [0.3, 0.4) is 0 Å². The molecule has 198 valence electrons. The number of ether oxygens (including phenoxy) is 3. The van der Waals surface area contributed by atoms with Gasteiger partial charge in [-0.15, -0.1) is 0 Å². The van der Waals surface area contributed by atoms with Gasteiger partial charge in [-0.3, -0.25) is 9.52 Å². The van der Waals surface area contributed by atoms with Crippen LogP contribution in [-0.2, 0) is 16.5 Å². The van der Waals surface area contributed by atoms with Crippen LogP contribution in [0.2, 0.25) is 0 Å². The van der Waals surface area contributed by atoms with Crippen molar-refractivity contribution in [3.63, 3.8) is 0 Å². The number of carboxylic acid groups (broad SMARTS) is 1. The van der Waals surface area contributed by atoms with Crippen LogP contribution >= 0.6 is 11.9 Å². The molecule has 3 aromatic carbocycles. The number of fused-ring (bicyclic) bond motifs is 1. The summed E-state index contributed by atoms with van der Waals surface area (Å²) >= 11 is 1.28. The first kappa shape index (κ1) is 29.0. The average molecular weight is 533 g/mol. The molecule has 3 aromatic rings. The lowest BCUT2D eigenvalue weighted by molar-refractivity contribution is -0.107. The summed E-state index contributed by atoms with van der Waals surface area (Å²) in [5.41, 5.74) is 3.24. The van der Waals surface area contributed by atoms with E-state index >= 15 is 0 Å². The van der Waals surface area contributed by atoms with Crippen molar-refractivity contribution in [1.82, 2.24) is 4.72 Å². The molecule has 9 heteroatoms. The van der Waals surface area contributed by atoms with E-state index in [9.17, 15) is 9.59 Å². The molecule has 7 nitrogen and oxygen atoms in total. The molecule has 0 fully saturated rings. The van der Waals surface area contributed by atoms with Crippen molar-refractivity contribution in [2.24, 2.45) is 0 Å². The molecule has 0 bridgehead atoms. The molecule has 4 rings (SSSR count). The van der Waals surface area contributed by atoms with Crippen molar-refractivity contribution >= 4 is 32.2 Å². The summed E-state index contributed by atoms with van der Waals surface area (Å²) in [5, 5.41) is 8.83. The van der Waals surface area contributed by atoms with Gasteiger partial charge >= 0.3 is 5.97 Å². The Hall–Kier alpha value is -3.59. The third-order valence-corrected chi connectivity index (χ3v) is 6.54. The van der Waals surface area contributed by atoms with E-state index in [0.29, 0.717) is 12.2 Å². The standard InChI is InChI=1S/C19H20O5.C10H12BNOS/c1-3-4-14-9-15(19(20)21)6-7-16(14)24-12(2)13-5-8-17-18(10-13)23-11-22-17;1-10(2,11)8-3-5-9(6-4-8)14-12-7-13/h5-10,12H,3-4,11H2,1-2H3,(H,20,21);3-7H,1-2H3,(H,12,13). The van der Waals surface area contributed by atoms with E-state index in [4.69, 9.17) is 27.2 Å². The fourth-order valence-electron chi connectivity index (χ4n) is 3.76. The molecule has 2 N–H and O–H groups in total. The van der Waals surface area contributed by atoms with Gasteiger partial charge in [0.15, 0.2) is 11.5 Å². The third-order valence-electron chi connectivity index (χ3n) is 5.82. The van der Waals surface area contributed by atoms with Gasteiger partial charge in [0.05, 0.1) is 13.4 Å². The molecule has 0 spiro atoms. The second kappa shape index (κ2) is 13.3. The van der Waals surface area contributed by atoms with Crippen molar-refractivity contribution in [1.29, 1.82) is 0 Å². The normalized spacial score (nSPS) is 12.6. The first-order valence-electron chi connectivity index (χ1n) is 12.3. The minimum Gasteiger partial charge on any atom is -0.486 e. The number of benzene rings is 3. The molecule has 0 saturated heterocycles. The summed E-state index contributed by atoms with van der Waals surface area (Å²) < 4.78 is 19.3. The number of hydrogen-bond donors (Lipinski definition) is 2. The largest absolute Gasteiger partial charge is 0.486 e. The van der Waals surface area contributed by atoms with Gasteiger partial charge in [-0.1, -0.05) is 51.0 Å². The number of amides is 1. The van der Waals surface area contributed by atoms with Crippen LogP contribution in [0.5, 0.6) is 17.2 Å². The number of rotatable bonds is 10. The Kier molecular flexibility index (Phi) is 10.1. The second-order valence-corrected chi connectivity index (χ2v) is 10.2. The maximum atomic E-state index is 11.2. The summed E-state index contributed by atoms with van der Waals surface area (Å²) in [6, 6.07) is 18.5. The quantitative estimate of drug-likeness (QED) is 0.186. The molecule has 1 atom stereocenters. The number of nitrogens with one attached hydrogen (secondary N) is 1. The van der Waals surface area contributed by atoms with E-state index in [-0.39, 0.29) is 23.8 Å². The molecular formula is C29H32BNO6S. The monoisotopic (exact) mass is 533 g/mol. The van der Waals surface area contributed by atoms with Crippen molar-refractivity contribution in [3.05, 3.63) is 82.9 Å². The lowest BCUT2D eigenvalue weighted by atomic mass is 9.67. The van der Waals surface area contributed by atoms with Gasteiger partial charge in [0.2, 0.25) is 13.2 Å². The number of carboxylic acids is 1. The van der Waals surface area contributed by atoms with Gasteiger partial charge in [-0.05, 0) is 84.2 Å². The van der Waals surface area contributed by atoms with Gasteiger partial charge in [0.1, 0.15) is 11.9 Å². The van der Waals surface area contributed by atoms with Gasteiger partial charge in [0, 0.05) is 4.90 Å². The predicted octanol–water partition coefficient (Wildman–Crippen LogP) is 6.05. The van der Waals surface area contributed by atoms with Gasteiger partial charge in [-0.25, -0.2) is 4.79 Å². The zero-order valence-corrected chi connectivity index (χ0v) is 22.8. The third kappa shape index (κ3) is 7.95. The molecule has 1 unspecified atom stereocenters. The van der Waals surface area contributed by atoms with Crippen molar-refractivity contribution in [3.8, 4) is 17.2 Å². The SMILES string of the molecule is CCCc1cc(C(=O)O)ccc1OC(C)c1ccc2c(c1)OCO2.[B]C(C)(C)c1ccc(SNC=O)cc1. The Balaban J connectivity index is 0.000000244. The van der Waals surface area contributed by atoms with Gasteiger partial charge in [-0.2, -0.15) is 0 Å². The number of hydrogen-bond acceptors (Lipinski definition) is 6. The minimum atomic E-state index is -0.928. The lowest BCUT2D eigenvalue weighted by Crippen LogP contribution is -2.16. The predicted molar refractivity (Wildman–Crippen MR) is 149 cm³/mol. The second-order valence-electron chi connectivity index (χ2n) is 9.33. The van der Waals surface area contributed by atoms with Crippen LogP contribution in [0.4, 0.5) is 0 Å². The van der Waals surface area contributed by atoms with E-state index < -0.39 is 5.97 Å². The zero-order valence-electron chi connectivity index (χ0n) is 22.0. The van der Waals surface area contributed by atoms with E-state index in [1.807, 2.05) is 63.2 Å². The first-order valence-corrected chi connectivity index (χ1v) is 13.1. The Morgan fingerprint density at radius 3 is 2.47 bits per heavy atom. The fraction of sp³-hybridized carbons (Fsp3) is 0.310. The number of aromatic carboxylic acids is 1. The summed E-state index contributed by atoms with van der Waals surface area (Å²) in [6.07, 6.45) is 2.15. The minimum absolute atomic E-state index is 0.189. The van der Waals surface area contributed by atoms with Gasteiger partial charge < -0.3 is 19.3 Å². The molecule has 38 heavy (non-hydrogen) atoms. The van der Waals surface area contributed by atoms with E-state index in [2.05, 4.69) is 11.6 Å². The van der Waals surface area contributed by atoms with Crippen LogP contribution in [0, 0.1) is 0 Å². The van der Waals surface area contributed by atoms with Crippen LogP contribution in [0.1, 0.15) is 67.3 Å². The van der Waals surface area contributed by atoms with Crippen molar-refractivity contribution < 1.29 is 28.9 Å². The molecule has 0 aromatic heterocycles. The molecule has 0 aliphatic carbocycles. The van der Waals surface area contributed by atoms with Crippen LogP contribution in [0.25, 0.3) is 0 Å². The highest BCUT2D eigenvalue weighted by Crippen LogP contribution is 2.36. The van der Waals surface area contributed by atoms with Crippen LogP contribution in [-0.4, -0.2) is 32.1 Å². The molecule has 0 saturated carbocycles. The van der Waals surface area contributed by atoms with Crippen LogP contribution in [0.15, 0.2) is 65.6 Å². The smallest absolute Gasteiger partial charge is 0.335 e. The molecule has 1 aliphatic rings. The summed E-state index contributed by atoms with van der Waals surface area (Å²) in [5.74, 6) is 1.25. The maximum Gasteiger partial charge on any atom is 0.335 e. The summed E-state index contributed by atoms with van der Waals surface area (Å²) in [7, 11) is 5.93. The maximum absolute atomic E-state index is 11.2. The molecule has 1 heterocycles. The van der Waals surface area contributed by atoms with E-state index in [1.165, 1.54) is 11.9 Å². The van der Waals surface area contributed by atoms with Crippen molar-refractivity contribution in [2.75, 3.05) is 6.79 Å².